The van der Waals surface area contributed by atoms with E-state index >= 15 is 0 Å². The number of aromatic nitrogens is 2. The first-order valence-electron chi connectivity index (χ1n) is 11.0. The molecule has 1 aromatic heterocycles. The minimum absolute atomic E-state index is 0.0129. The number of piperidine rings is 2. The molecule has 27 heavy (non-hydrogen) atoms. The van der Waals surface area contributed by atoms with Crippen LogP contribution in [0.1, 0.15) is 57.8 Å². The summed E-state index contributed by atoms with van der Waals surface area (Å²) in [6.45, 7) is 4.33. The van der Waals surface area contributed by atoms with Crippen LogP contribution in [0.2, 0.25) is 0 Å². The Labute approximate surface area is 162 Å². The molecule has 0 bridgehead atoms. The minimum Gasteiger partial charge on any atom is -0.350 e. The van der Waals surface area contributed by atoms with Crippen molar-refractivity contribution in [3.63, 3.8) is 0 Å². The summed E-state index contributed by atoms with van der Waals surface area (Å²) >= 11 is 0. The third-order valence-electron chi connectivity index (χ3n) is 6.81. The Morgan fingerprint density at radius 3 is 2.52 bits per heavy atom. The number of hydrogen-bond acceptors (Lipinski definition) is 5. The van der Waals surface area contributed by atoms with E-state index in [1.54, 1.807) is 24.0 Å². The molecule has 6 nitrogen and oxygen atoms in total. The molecule has 1 aromatic rings. The van der Waals surface area contributed by atoms with Gasteiger partial charge in [-0.1, -0.05) is 19.3 Å². The summed E-state index contributed by atoms with van der Waals surface area (Å²) in [5.74, 6) is 0.610. The van der Waals surface area contributed by atoms with E-state index in [1.165, 1.54) is 64.5 Å². The first kappa shape index (κ1) is 18.9. The van der Waals surface area contributed by atoms with Crippen LogP contribution in [0, 0.1) is 0 Å². The minimum atomic E-state index is 0.0129. The van der Waals surface area contributed by atoms with Crippen molar-refractivity contribution in [1.29, 1.82) is 0 Å². The topological polar surface area (TPSA) is 53.4 Å². The number of anilines is 1. The molecule has 1 atom stereocenters. The van der Waals surface area contributed by atoms with Crippen molar-refractivity contribution in [2.24, 2.45) is 7.05 Å². The number of rotatable bonds is 4. The van der Waals surface area contributed by atoms with E-state index in [-0.39, 0.29) is 5.56 Å². The first-order valence-corrected chi connectivity index (χ1v) is 11.0. The van der Waals surface area contributed by atoms with Gasteiger partial charge in [-0.15, -0.1) is 0 Å². The molecule has 3 heterocycles. The van der Waals surface area contributed by atoms with Crippen LogP contribution < -0.4 is 15.8 Å². The molecule has 3 aliphatic rings. The van der Waals surface area contributed by atoms with Crippen LogP contribution in [0.5, 0.6) is 0 Å². The van der Waals surface area contributed by atoms with Gasteiger partial charge in [0.2, 0.25) is 0 Å². The molecule has 1 N–H and O–H groups in total. The highest BCUT2D eigenvalue weighted by atomic mass is 16.1. The van der Waals surface area contributed by atoms with E-state index in [1.807, 2.05) is 0 Å². The quantitative estimate of drug-likeness (QED) is 0.876. The van der Waals surface area contributed by atoms with Gasteiger partial charge in [-0.05, 0) is 51.6 Å². The summed E-state index contributed by atoms with van der Waals surface area (Å²) in [4.78, 5) is 21.7. The van der Waals surface area contributed by atoms with Crippen LogP contribution in [0.25, 0.3) is 0 Å². The average Bonchev–Trinajstić information content (AvgIpc) is 2.71. The molecule has 1 aliphatic carbocycles. The lowest BCUT2D eigenvalue weighted by Crippen LogP contribution is -2.54. The summed E-state index contributed by atoms with van der Waals surface area (Å²) in [6.07, 6.45) is 15.4. The van der Waals surface area contributed by atoms with E-state index in [0.29, 0.717) is 17.9 Å². The Morgan fingerprint density at radius 2 is 1.74 bits per heavy atom. The predicted molar refractivity (Wildman–Crippen MR) is 109 cm³/mol. The normalized spacial score (nSPS) is 26.4. The van der Waals surface area contributed by atoms with Crippen LogP contribution in [0.3, 0.4) is 0 Å². The van der Waals surface area contributed by atoms with Gasteiger partial charge in [0, 0.05) is 50.7 Å². The van der Waals surface area contributed by atoms with Gasteiger partial charge in [0.1, 0.15) is 0 Å². The summed E-state index contributed by atoms with van der Waals surface area (Å²) in [6, 6.07) is 1.95. The van der Waals surface area contributed by atoms with Gasteiger partial charge in [0.05, 0.1) is 0 Å². The molecule has 6 heteroatoms. The third kappa shape index (κ3) is 4.54. The Bertz CT molecular complexity index is 661. The maximum Gasteiger partial charge on any atom is 0.293 e. The Morgan fingerprint density at radius 1 is 0.963 bits per heavy atom. The summed E-state index contributed by atoms with van der Waals surface area (Å²) < 4.78 is 1.63. The second-order valence-electron chi connectivity index (χ2n) is 8.72. The summed E-state index contributed by atoms with van der Waals surface area (Å²) in [5.41, 5.74) is 0.0129. The molecule has 2 aliphatic heterocycles. The van der Waals surface area contributed by atoms with Gasteiger partial charge in [0.25, 0.3) is 5.56 Å². The van der Waals surface area contributed by atoms with Crippen molar-refractivity contribution in [3.05, 3.63) is 22.7 Å². The van der Waals surface area contributed by atoms with Gasteiger partial charge in [-0.3, -0.25) is 4.79 Å². The van der Waals surface area contributed by atoms with Crippen molar-refractivity contribution in [2.75, 3.05) is 31.1 Å². The van der Waals surface area contributed by atoms with E-state index in [2.05, 4.69) is 20.1 Å². The lowest BCUT2D eigenvalue weighted by atomic mass is 9.91. The van der Waals surface area contributed by atoms with Crippen molar-refractivity contribution in [3.8, 4) is 0 Å². The first-order chi connectivity index (χ1) is 13.2. The van der Waals surface area contributed by atoms with E-state index in [4.69, 9.17) is 0 Å². The Kier molecular flexibility index (Phi) is 6.13. The largest absolute Gasteiger partial charge is 0.350 e. The maximum absolute atomic E-state index is 12.4. The van der Waals surface area contributed by atoms with E-state index in [9.17, 15) is 4.79 Å². The van der Waals surface area contributed by atoms with E-state index < -0.39 is 0 Å². The van der Waals surface area contributed by atoms with Crippen LogP contribution in [0.4, 0.5) is 5.82 Å². The molecular weight excluding hydrogens is 338 g/mol. The fraction of sp³-hybridized carbons (Fsp3) is 0.810. The van der Waals surface area contributed by atoms with Gasteiger partial charge < -0.3 is 19.7 Å². The van der Waals surface area contributed by atoms with E-state index in [0.717, 1.165) is 25.6 Å². The van der Waals surface area contributed by atoms with Gasteiger partial charge in [-0.25, -0.2) is 4.98 Å². The van der Waals surface area contributed by atoms with Gasteiger partial charge in [0.15, 0.2) is 5.82 Å². The van der Waals surface area contributed by atoms with Crippen molar-refractivity contribution in [1.82, 2.24) is 19.8 Å². The van der Waals surface area contributed by atoms with Crippen molar-refractivity contribution < 1.29 is 0 Å². The molecule has 150 valence electrons. The highest BCUT2D eigenvalue weighted by Gasteiger charge is 2.29. The lowest BCUT2D eigenvalue weighted by Gasteiger charge is -2.41. The highest BCUT2D eigenvalue weighted by Crippen LogP contribution is 2.26. The third-order valence-corrected chi connectivity index (χ3v) is 6.81. The monoisotopic (exact) mass is 373 g/mol. The van der Waals surface area contributed by atoms with Gasteiger partial charge >= 0.3 is 0 Å². The molecule has 0 amide bonds. The van der Waals surface area contributed by atoms with Crippen LogP contribution >= 0.6 is 0 Å². The second-order valence-corrected chi connectivity index (χ2v) is 8.72. The SMILES string of the molecule is Cn1ccnc(N2CCC[C@@H](NC3CCN(C4CCCCC4)CC3)C2)c1=O. The zero-order valence-electron chi connectivity index (χ0n) is 16.8. The maximum atomic E-state index is 12.4. The summed E-state index contributed by atoms with van der Waals surface area (Å²) in [5, 5.41) is 3.91. The molecule has 0 unspecified atom stereocenters. The standard InChI is InChI=1S/C21H35N5O/c1-24-15-11-22-20(21(24)27)26-12-5-6-18(16-26)23-17-9-13-25(14-10-17)19-7-3-2-4-8-19/h11,15,17-19,23H,2-10,12-14,16H2,1H3/t18-/m1/s1. The number of hydrogen-bond donors (Lipinski definition) is 1. The zero-order chi connectivity index (χ0) is 18.6. The molecule has 4 rings (SSSR count). The lowest BCUT2D eigenvalue weighted by molar-refractivity contribution is 0.112. The van der Waals surface area contributed by atoms with Crippen LogP contribution in [-0.4, -0.2) is 58.8 Å². The van der Waals surface area contributed by atoms with Gasteiger partial charge in [-0.2, -0.15) is 0 Å². The fourth-order valence-electron chi connectivity index (χ4n) is 5.22. The number of aryl methyl sites for hydroxylation is 1. The molecule has 2 saturated heterocycles. The molecule has 0 aromatic carbocycles. The van der Waals surface area contributed by atoms with Crippen molar-refractivity contribution >= 4 is 5.82 Å². The fourth-order valence-corrected chi connectivity index (χ4v) is 5.22. The number of nitrogens with zero attached hydrogens (tertiary/aromatic N) is 4. The van der Waals surface area contributed by atoms with Crippen molar-refractivity contribution in [2.45, 2.75) is 75.9 Å². The molecular formula is C21H35N5O. The number of likely N-dealkylation sites (tertiary alicyclic amines) is 1. The molecule has 3 fully saturated rings. The molecule has 1 saturated carbocycles. The molecule has 0 spiro atoms. The predicted octanol–water partition coefficient (Wildman–Crippen LogP) is 2.14. The van der Waals surface area contributed by atoms with Crippen LogP contribution in [-0.2, 0) is 7.05 Å². The average molecular weight is 374 g/mol. The zero-order valence-corrected chi connectivity index (χ0v) is 16.8. The molecule has 0 radical (unpaired) electrons. The highest BCUT2D eigenvalue weighted by molar-refractivity contribution is 5.36. The van der Waals surface area contributed by atoms with Crippen LogP contribution in [0.15, 0.2) is 17.2 Å². The second kappa shape index (κ2) is 8.74. The smallest absolute Gasteiger partial charge is 0.293 e. The number of nitrogens with one attached hydrogen (secondary N) is 1. The Hall–Kier alpha value is -1.40. The summed E-state index contributed by atoms with van der Waals surface area (Å²) in [7, 11) is 1.80. The Balaban J connectivity index is 1.28.